The van der Waals surface area contributed by atoms with Crippen LogP contribution in [0, 0.1) is 0 Å². The zero-order valence-corrected chi connectivity index (χ0v) is 24.1. The molecule has 2 heterocycles. The van der Waals surface area contributed by atoms with E-state index in [1.165, 1.54) is 0 Å². The van der Waals surface area contributed by atoms with Gasteiger partial charge in [0, 0.05) is 34.6 Å². The minimum absolute atomic E-state index is 0.0374. The van der Waals surface area contributed by atoms with Crippen LogP contribution in [0.4, 0.5) is 10.5 Å². The van der Waals surface area contributed by atoms with Crippen LogP contribution in [0.1, 0.15) is 54.0 Å². The second-order valence-electron chi connectivity index (χ2n) is 11.5. The van der Waals surface area contributed by atoms with Crippen molar-refractivity contribution in [2.45, 2.75) is 39.0 Å². The maximum Gasteiger partial charge on any atom is 0.412 e. The summed E-state index contributed by atoms with van der Waals surface area (Å²) in [5.41, 5.74) is 6.44. The van der Waals surface area contributed by atoms with Crippen LogP contribution in [0.15, 0.2) is 97.1 Å². The summed E-state index contributed by atoms with van der Waals surface area (Å²) in [6.07, 6.45) is -0.502. The Morgan fingerprint density at radius 2 is 1.62 bits per heavy atom. The zero-order chi connectivity index (χ0) is 29.4. The van der Waals surface area contributed by atoms with Gasteiger partial charge in [-0.1, -0.05) is 60.7 Å². The minimum atomic E-state index is -0.576. The number of nitrogens with zero attached hydrogens (tertiary/aromatic N) is 1. The van der Waals surface area contributed by atoms with Crippen molar-refractivity contribution in [1.29, 1.82) is 0 Å². The molecule has 1 aliphatic heterocycles. The Bertz CT molecular complexity index is 1750. The van der Waals surface area contributed by atoms with Crippen LogP contribution >= 0.6 is 0 Å². The highest BCUT2D eigenvalue weighted by Crippen LogP contribution is 2.41. The summed E-state index contributed by atoms with van der Waals surface area (Å²) >= 11 is 0. The van der Waals surface area contributed by atoms with Gasteiger partial charge in [0.25, 0.3) is 5.91 Å². The number of benzene rings is 4. The average molecular weight is 560 g/mol. The Morgan fingerprint density at radius 1 is 0.905 bits per heavy atom. The van der Waals surface area contributed by atoms with Crippen LogP contribution in [0.25, 0.3) is 22.0 Å². The molecule has 4 aromatic carbocycles. The quantitative estimate of drug-likeness (QED) is 0.221. The molecule has 42 heavy (non-hydrogen) atoms. The van der Waals surface area contributed by atoms with Crippen LogP contribution < -0.4 is 10.1 Å². The Balaban J connectivity index is 1.30. The summed E-state index contributed by atoms with van der Waals surface area (Å²) in [5.74, 6) is 0.690. The number of hydrogen-bond donors (Lipinski definition) is 2. The highest BCUT2D eigenvalue weighted by Gasteiger charge is 2.36. The lowest BCUT2D eigenvalue weighted by molar-refractivity contribution is 0.0635. The molecule has 0 radical (unpaired) electrons. The van der Waals surface area contributed by atoms with Gasteiger partial charge in [-0.15, -0.1) is 0 Å². The molecular weight excluding hydrogens is 526 g/mol. The largest absolute Gasteiger partial charge is 0.496 e. The molecule has 1 atom stereocenters. The Hall–Kier alpha value is -5.04. The van der Waals surface area contributed by atoms with Gasteiger partial charge in [0.1, 0.15) is 17.4 Å². The molecule has 5 aromatic rings. The number of hydrogen-bond acceptors (Lipinski definition) is 4. The normalized spacial score (nSPS) is 13.6. The molecule has 1 aromatic heterocycles. The highest BCUT2D eigenvalue weighted by molar-refractivity contribution is 6.00. The van der Waals surface area contributed by atoms with Gasteiger partial charge in [-0.2, -0.15) is 0 Å². The smallest absolute Gasteiger partial charge is 0.412 e. The summed E-state index contributed by atoms with van der Waals surface area (Å²) in [6.45, 7) is 5.95. The standard InChI is InChI=1S/C35H33N3O4/c1-35(2,3)42-34(40)36-26-17-15-22(16-18-26)23-13-14-25-21-38(33(39)28(25)19-23)32(27-10-6-8-12-31(27)41-4)30-20-24-9-5-7-11-29(24)37-30/h5-20,32,37H,21H2,1-4H3,(H,36,40). The Morgan fingerprint density at radius 3 is 2.36 bits per heavy atom. The van der Waals surface area contributed by atoms with E-state index in [1.807, 2.05) is 111 Å². The zero-order valence-electron chi connectivity index (χ0n) is 24.1. The molecule has 2 amide bonds. The van der Waals surface area contributed by atoms with Gasteiger partial charge in [0.05, 0.1) is 7.11 Å². The summed E-state index contributed by atoms with van der Waals surface area (Å²) < 4.78 is 11.1. The van der Waals surface area contributed by atoms with E-state index in [-0.39, 0.29) is 11.9 Å². The fourth-order valence-corrected chi connectivity index (χ4v) is 5.52. The van der Waals surface area contributed by atoms with Crippen molar-refractivity contribution in [3.8, 4) is 16.9 Å². The number of H-pyrrole nitrogens is 1. The van der Waals surface area contributed by atoms with Crippen molar-refractivity contribution in [3.05, 3.63) is 119 Å². The van der Waals surface area contributed by atoms with Gasteiger partial charge in [-0.05, 0) is 79.2 Å². The third kappa shape index (κ3) is 5.33. The lowest BCUT2D eigenvalue weighted by atomic mass is 10.00. The lowest BCUT2D eigenvalue weighted by Crippen LogP contribution is -2.30. The number of aromatic nitrogens is 1. The predicted molar refractivity (Wildman–Crippen MR) is 165 cm³/mol. The summed E-state index contributed by atoms with van der Waals surface area (Å²) in [5, 5.41) is 3.85. The lowest BCUT2D eigenvalue weighted by Gasteiger charge is -2.29. The van der Waals surface area contributed by atoms with Gasteiger partial charge < -0.3 is 19.4 Å². The first-order chi connectivity index (χ1) is 20.2. The van der Waals surface area contributed by atoms with Crippen molar-refractivity contribution >= 4 is 28.6 Å². The van der Waals surface area contributed by atoms with E-state index in [0.29, 0.717) is 17.8 Å². The maximum absolute atomic E-state index is 14.1. The monoisotopic (exact) mass is 559 g/mol. The first-order valence-corrected chi connectivity index (χ1v) is 13.9. The molecular formula is C35H33N3O4. The number of methoxy groups -OCH3 is 1. The van der Waals surface area contributed by atoms with Gasteiger partial charge in [-0.3, -0.25) is 10.1 Å². The van der Waals surface area contributed by atoms with Gasteiger partial charge in [0.2, 0.25) is 0 Å². The third-order valence-electron chi connectivity index (χ3n) is 7.40. The molecule has 7 heteroatoms. The van der Waals surface area contributed by atoms with Crippen LogP contribution in [-0.4, -0.2) is 34.6 Å². The van der Waals surface area contributed by atoms with Gasteiger partial charge >= 0.3 is 6.09 Å². The molecule has 7 nitrogen and oxygen atoms in total. The van der Waals surface area contributed by atoms with Gasteiger partial charge in [-0.25, -0.2) is 4.79 Å². The van der Waals surface area contributed by atoms with Crippen molar-refractivity contribution in [1.82, 2.24) is 9.88 Å². The molecule has 0 fully saturated rings. The molecule has 1 aliphatic rings. The molecule has 0 saturated carbocycles. The molecule has 0 aliphatic carbocycles. The van der Waals surface area contributed by atoms with Gasteiger partial charge in [0.15, 0.2) is 0 Å². The van der Waals surface area contributed by atoms with Crippen molar-refractivity contribution < 1.29 is 19.1 Å². The van der Waals surface area contributed by atoms with Crippen molar-refractivity contribution in [2.75, 3.05) is 12.4 Å². The number of rotatable bonds is 6. The van der Waals surface area contributed by atoms with Crippen molar-refractivity contribution in [2.24, 2.45) is 0 Å². The number of ether oxygens (including phenoxy) is 2. The van der Waals surface area contributed by atoms with E-state index in [2.05, 4.69) is 22.4 Å². The van der Waals surface area contributed by atoms with E-state index < -0.39 is 11.7 Å². The number of aromatic amines is 1. The fourth-order valence-electron chi connectivity index (χ4n) is 5.52. The minimum Gasteiger partial charge on any atom is -0.496 e. The molecule has 2 N–H and O–H groups in total. The second kappa shape index (κ2) is 10.7. The summed E-state index contributed by atoms with van der Waals surface area (Å²) in [7, 11) is 1.65. The maximum atomic E-state index is 14.1. The molecule has 6 rings (SSSR count). The highest BCUT2D eigenvalue weighted by atomic mass is 16.6. The van der Waals surface area contributed by atoms with E-state index in [9.17, 15) is 9.59 Å². The first-order valence-electron chi connectivity index (χ1n) is 13.9. The Labute approximate surface area is 245 Å². The molecule has 212 valence electrons. The van der Waals surface area contributed by atoms with Crippen LogP contribution in [0.2, 0.25) is 0 Å². The number of carbonyl (C=O) groups excluding carboxylic acids is 2. The summed E-state index contributed by atoms with van der Waals surface area (Å²) in [4.78, 5) is 31.7. The second-order valence-corrected chi connectivity index (χ2v) is 11.5. The molecule has 0 bridgehead atoms. The number of nitrogens with one attached hydrogen (secondary N) is 2. The van der Waals surface area contributed by atoms with E-state index in [1.54, 1.807) is 7.11 Å². The number of anilines is 1. The van der Waals surface area contributed by atoms with Crippen LogP contribution in [-0.2, 0) is 11.3 Å². The molecule has 0 spiro atoms. The number of para-hydroxylation sites is 2. The predicted octanol–water partition coefficient (Wildman–Crippen LogP) is 7.94. The van der Waals surface area contributed by atoms with E-state index in [0.717, 1.165) is 44.6 Å². The van der Waals surface area contributed by atoms with E-state index >= 15 is 0 Å². The summed E-state index contributed by atoms with van der Waals surface area (Å²) in [6, 6.07) is 31.2. The van der Waals surface area contributed by atoms with E-state index in [4.69, 9.17) is 9.47 Å². The van der Waals surface area contributed by atoms with Crippen molar-refractivity contribution in [3.63, 3.8) is 0 Å². The number of carbonyl (C=O) groups is 2. The SMILES string of the molecule is COc1ccccc1C(c1cc2ccccc2[nH]1)N1Cc2ccc(-c3ccc(NC(=O)OC(C)(C)C)cc3)cc2C1=O. The van der Waals surface area contributed by atoms with Crippen LogP contribution in [0.3, 0.4) is 0 Å². The average Bonchev–Trinajstić information content (AvgIpc) is 3.54. The fraction of sp³-hybridized carbons (Fsp3) is 0.200. The first kappa shape index (κ1) is 27.1. The number of amides is 2. The topological polar surface area (TPSA) is 83.7 Å². The third-order valence-corrected chi connectivity index (χ3v) is 7.40. The van der Waals surface area contributed by atoms with Crippen LogP contribution in [0.5, 0.6) is 5.75 Å². The molecule has 1 unspecified atom stereocenters. The molecule has 0 saturated heterocycles. The number of fused-ring (bicyclic) bond motifs is 2. The Kier molecular flexibility index (Phi) is 6.94.